The number of rotatable bonds is 0. The van der Waals surface area contributed by atoms with Gasteiger partial charge >= 0.3 is 41.9 Å². The van der Waals surface area contributed by atoms with Crippen LogP contribution in [-0.2, 0) is 0 Å². The SMILES string of the molecule is O.[F-].[H-].[H-].[Li+].[Mg+2]. The minimum absolute atomic E-state index is 0. The third kappa shape index (κ3) is 10.5. The smallest absolute Gasteiger partial charge is 1.00 e. The van der Waals surface area contributed by atoms with Crippen molar-refractivity contribution in [1.82, 2.24) is 0 Å². The Morgan fingerprint density at radius 3 is 1.25 bits per heavy atom. The monoisotopic (exact) mass is 70.0 g/mol. The fraction of sp³-hybridized carbons (Fsp3) is 0. The van der Waals surface area contributed by atoms with E-state index in [1.807, 2.05) is 0 Å². The van der Waals surface area contributed by atoms with Gasteiger partial charge in [0.1, 0.15) is 0 Å². The molecule has 0 atom stereocenters. The second-order valence-electron chi connectivity index (χ2n) is 0. The first-order valence-electron chi connectivity index (χ1n) is 0. The van der Waals surface area contributed by atoms with Gasteiger partial charge in [0.25, 0.3) is 0 Å². The summed E-state index contributed by atoms with van der Waals surface area (Å²) in [5, 5.41) is 0. The molecule has 4 heteroatoms. The first-order chi connectivity index (χ1) is 0. The summed E-state index contributed by atoms with van der Waals surface area (Å²) in [5.74, 6) is 0. The molecule has 0 saturated carbocycles. The zero-order chi connectivity index (χ0) is 0. The van der Waals surface area contributed by atoms with Gasteiger partial charge in [-0.25, -0.2) is 0 Å². The first kappa shape index (κ1) is 60.5. The minimum atomic E-state index is 0. The van der Waals surface area contributed by atoms with Crippen LogP contribution >= 0.6 is 0 Å². The molecule has 0 radical (unpaired) electrons. The van der Waals surface area contributed by atoms with E-state index in [0.29, 0.717) is 0 Å². The van der Waals surface area contributed by atoms with E-state index in [4.69, 9.17) is 0 Å². The maximum absolute atomic E-state index is 0. The summed E-state index contributed by atoms with van der Waals surface area (Å²) < 4.78 is 0. The van der Waals surface area contributed by atoms with Crippen LogP contribution in [0.15, 0.2) is 0 Å². The van der Waals surface area contributed by atoms with E-state index in [1.165, 1.54) is 0 Å². The molecule has 0 spiro atoms. The molecule has 0 rings (SSSR count). The Labute approximate surface area is 55.1 Å². The molecule has 1 nitrogen and oxygen atoms in total. The zero-order valence-corrected chi connectivity index (χ0v) is 4.00. The van der Waals surface area contributed by atoms with Crippen molar-refractivity contribution < 1.29 is 31.9 Å². The van der Waals surface area contributed by atoms with Crippen molar-refractivity contribution in [1.29, 1.82) is 0 Å². The van der Waals surface area contributed by atoms with Gasteiger partial charge in [0, 0.05) is 0 Å². The van der Waals surface area contributed by atoms with Crippen LogP contribution in [0.4, 0.5) is 0 Å². The summed E-state index contributed by atoms with van der Waals surface area (Å²) in [7, 11) is 0. The van der Waals surface area contributed by atoms with E-state index >= 15 is 0 Å². The van der Waals surface area contributed by atoms with Crippen molar-refractivity contribution in [2.45, 2.75) is 0 Å². The van der Waals surface area contributed by atoms with E-state index in [0.717, 1.165) is 0 Å². The fourth-order valence-electron chi connectivity index (χ4n) is 0. The van der Waals surface area contributed by atoms with Gasteiger partial charge in [-0.15, -0.1) is 0 Å². The molecule has 0 heterocycles. The van der Waals surface area contributed by atoms with Crippen molar-refractivity contribution in [3.63, 3.8) is 0 Å². The second kappa shape index (κ2) is 28.7. The van der Waals surface area contributed by atoms with Crippen molar-refractivity contribution in [2.75, 3.05) is 0 Å². The predicted octanol–water partition coefficient (Wildman–Crippen LogP) is -6.97. The molecule has 0 amide bonds. The Hall–Kier alpha value is 1.25. The molecule has 0 aliphatic carbocycles. The quantitative estimate of drug-likeness (QED) is 0.254. The average Bonchev–Trinajstić information content (AvgIpc) is 0. The zero-order valence-electron chi connectivity index (χ0n) is 4.59. The average molecular weight is 70.3 g/mol. The van der Waals surface area contributed by atoms with Crippen LogP contribution in [0.1, 0.15) is 2.85 Å². The molecule has 0 unspecified atom stereocenters. The van der Waals surface area contributed by atoms with Gasteiger partial charge in [0.2, 0.25) is 0 Å². The number of halogens is 1. The third-order valence-corrected chi connectivity index (χ3v) is 0. The van der Waals surface area contributed by atoms with Crippen molar-refractivity contribution in [2.24, 2.45) is 0 Å². The predicted molar refractivity (Wildman–Crippen MR) is 11.6 cm³/mol. The Kier molecular flexibility index (Phi) is 433. The van der Waals surface area contributed by atoms with Gasteiger partial charge in [0.05, 0.1) is 0 Å². The Morgan fingerprint density at radius 1 is 1.25 bits per heavy atom. The van der Waals surface area contributed by atoms with Gasteiger partial charge in [-0.3, -0.25) is 0 Å². The van der Waals surface area contributed by atoms with Crippen molar-refractivity contribution in [3.8, 4) is 0 Å². The van der Waals surface area contributed by atoms with Crippen LogP contribution in [-0.4, -0.2) is 28.5 Å². The van der Waals surface area contributed by atoms with Gasteiger partial charge in [-0.05, 0) is 0 Å². The molecule has 0 aromatic heterocycles. The summed E-state index contributed by atoms with van der Waals surface area (Å²) >= 11 is 0. The Bertz CT molecular complexity index is 13.5. The molecular weight excluding hydrogens is 66.2 g/mol. The van der Waals surface area contributed by atoms with Gasteiger partial charge in [-0.2, -0.15) is 0 Å². The van der Waals surface area contributed by atoms with Crippen LogP contribution in [0.3, 0.4) is 0 Å². The first-order valence-corrected chi connectivity index (χ1v) is 0. The van der Waals surface area contributed by atoms with E-state index in [-0.39, 0.29) is 54.9 Å². The van der Waals surface area contributed by atoms with Crippen LogP contribution in [0.5, 0.6) is 0 Å². The maximum atomic E-state index is 0. The summed E-state index contributed by atoms with van der Waals surface area (Å²) in [6.07, 6.45) is 0. The molecule has 0 aromatic carbocycles. The minimum Gasteiger partial charge on any atom is -1.00 e. The summed E-state index contributed by atoms with van der Waals surface area (Å²) in [6, 6.07) is 0. The van der Waals surface area contributed by atoms with Gasteiger partial charge in [-0.1, -0.05) is 0 Å². The third-order valence-electron chi connectivity index (χ3n) is 0. The van der Waals surface area contributed by atoms with Gasteiger partial charge < -0.3 is 13.0 Å². The summed E-state index contributed by atoms with van der Waals surface area (Å²) in [5.41, 5.74) is 0. The second-order valence-corrected chi connectivity index (χ2v) is 0. The summed E-state index contributed by atoms with van der Waals surface area (Å²) in [6.45, 7) is 0. The van der Waals surface area contributed by atoms with Crippen LogP contribution in [0, 0.1) is 0 Å². The van der Waals surface area contributed by atoms with Crippen molar-refractivity contribution >= 4 is 23.1 Å². The molecule has 0 fully saturated rings. The molecule has 20 valence electrons. The van der Waals surface area contributed by atoms with E-state index in [1.54, 1.807) is 0 Å². The van der Waals surface area contributed by atoms with E-state index < -0.39 is 0 Å². The molecule has 0 aromatic rings. The molecule has 0 bridgehead atoms. The van der Waals surface area contributed by atoms with Crippen LogP contribution in [0.25, 0.3) is 0 Å². The van der Waals surface area contributed by atoms with E-state index in [2.05, 4.69) is 0 Å². The standard InChI is InChI=1S/FH.Li.Mg.H2O.2H/h1H;;;1H2;;/q;+1;+2;;2*-1/p-1. The summed E-state index contributed by atoms with van der Waals surface area (Å²) in [4.78, 5) is 0. The van der Waals surface area contributed by atoms with E-state index in [9.17, 15) is 0 Å². The number of hydrogen-bond acceptors (Lipinski definition) is 0. The Morgan fingerprint density at radius 2 is 1.25 bits per heavy atom. The van der Waals surface area contributed by atoms with Crippen LogP contribution in [0.2, 0.25) is 0 Å². The fourth-order valence-corrected chi connectivity index (χ4v) is 0. The topological polar surface area (TPSA) is 31.5 Å². The maximum Gasteiger partial charge on any atom is 2.00 e. The Balaban J connectivity index is 0. The largest absolute Gasteiger partial charge is 2.00 e. The molecule has 4 heavy (non-hydrogen) atoms. The van der Waals surface area contributed by atoms with Crippen molar-refractivity contribution in [3.05, 3.63) is 0 Å². The van der Waals surface area contributed by atoms with Crippen LogP contribution < -0.4 is 23.6 Å². The van der Waals surface area contributed by atoms with Gasteiger partial charge in [0.15, 0.2) is 0 Å². The number of hydrogen-bond donors (Lipinski definition) is 0. The molecule has 0 aliphatic heterocycles. The molecule has 2 N–H and O–H groups in total. The molecule has 0 aliphatic rings. The normalized spacial score (nSPS) is 0. The molecular formula is H4FLiMgO. The molecule has 0 saturated heterocycles.